The highest BCUT2D eigenvalue weighted by molar-refractivity contribution is 5.83. The number of carbonyl (C=O) groups is 1. The van der Waals surface area contributed by atoms with Gasteiger partial charge in [-0.2, -0.15) is 5.10 Å². The average Bonchev–Trinajstić information content (AvgIpc) is 2.94. The highest BCUT2D eigenvalue weighted by Gasteiger charge is 2.17. The molecule has 1 aromatic carbocycles. The molecule has 2 rings (SSSR count). The summed E-state index contributed by atoms with van der Waals surface area (Å²) in [5.74, 6) is -0.0165. The quantitative estimate of drug-likeness (QED) is 0.725. The number of likely N-dealkylation sites (N-methyl/N-ethyl adjacent to an activating group) is 1. The lowest BCUT2D eigenvalue weighted by Crippen LogP contribution is -2.36. The van der Waals surface area contributed by atoms with Crippen molar-refractivity contribution in [1.29, 1.82) is 0 Å². The molecule has 100 valence electrons. The molecule has 1 unspecified atom stereocenters. The maximum Gasteiger partial charge on any atom is 0.241 e. The van der Waals surface area contributed by atoms with Crippen LogP contribution in [0.1, 0.15) is 17.2 Å². The van der Waals surface area contributed by atoms with Crippen LogP contribution in [-0.2, 0) is 11.2 Å². The van der Waals surface area contributed by atoms with Crippen LogP contribution in [-0.4, -0.2) is 29.7 Å². The van der Waals surface area contributed by atoms with E-state index in [-0.39, 0.29) is 11.9 Å². The van der Waals surface area contributed by atoms with Gasteiger partial charge in [0.1, 0.15) is 6.04 Å². The Labute approximate surface area is 112 Å². The molecule has 0 saturated carbocycles. The first-order valence-corrected chi connectivity index (χ1v) is 6.29. The number of nitrogens with one attached hydrogen (secondary N) is 3. The van der Waals surface area contributed by atoms with Crippen molar-refractivity contribution in [3.63, 3.8) is 0 Å². The standard InChI is InChI=1S/C14H18N4O/c1-15-13(12-5-3-2-4-6-12)14(19)16-8-7-11-9-17-18-10-11/h2-6,9-10,13,15H,7-8H2,1H3,(H,16,19)(H,17,18). The van der Waals surface area contributed by atoms with Crippen molar-refractivity contribution in [2.75, 3.05) is 13.6 Å². The molecule has 3 N–H and O–H groups in total. The Morgan fingerprint density at radius 2 is 2.16 bits per heavy atom. The number of rotatable bonds is 6. The molecule has 5 heteroatoms. The van der Waals surface area contributed by atoms with Crippen LogP contribution >= 0.6 is 0 Å². The van der Waals surface area contributed by atoms with E-state index in [0.29, 0.717) is 6.54 Å². The number of aromatic amines is 1. The minimum absolute atomic E-state index is 0.0165. The van der Waals surface area contributed by atoms with Crippen molar-refractivity contribution in [3.8, 4) is 0 Å². The lowest BCUT2D eigenvalue weighted by atomic mass is 10.1. The van der Waals surface area contributed by atoms with Gasteiger partial charge in [-0.3, -0.25) is 9.89 Å². The molecule has 1 heterocycles. The highest BCUT2D eigenvalue weighted by Crippen LogP contribution is 2.11. The number of nitrogens with zero attached hydrogens (tertiary/aromatic N) is 1. The molecule has 0 aliphatic carbocycles. The third kappa shape index (κ3) is 3.66. The molecule has 1 aromatic heterocycles. The van der Waals surface area contributed by atoms with E-state index in [9.17, 15) is 4.79 Å². The van der Waals surface area contributed by atoms with E-state index in [4.69, 9.17) is 0 Å². The zero-order valence-electron chi connectivity index (χ0n) is 10.9. The van der Waals surface area contributed by atoms with E-state index in [0.717, 1.165) is 17.5 Å². The Balaban J connectivity index is 1.87. The molecule has 0 fully saturated rings. The molecule has 2 aromatic rings. The first kappa shape index (κ1) is 13.3. The van der Waals surface area contributed by atoms with E-state index < -0.39 is 0 Å². The summed E-state index contributed by atoms with van der Waals surface area (Å²) in [5, 5.41) is 12.6. The Morgan fingerprint density at radius 1 is 1.37 bits per heavy atom. The zero-order valence-corrected chi connectivity index (χ0v) is 10.9. The number of carbonyl (C=O) groups excluding carboxylic acids is 1. The summed E-state index contributed by atoms with van der Waals surface area (Å²) in [6.45, 7) is 0.601. The van der Waals surface area contributed by atoms with Crippen molar-refractivity contribution >= 4 is 5.91 Å². The summed E-state index contributed by atoms with van der Waals surface area (Å²) in [6, 6.07) is 9.36. The summed E-state index contributed by atoms with van der Waals surface area (Å²) < 4.78 is 0. The monoisotopic (exact) mass is 258 g/mol. The molecule has 0 spiro atoms. The second-order valence-corrected chi connectivity index (χ2v) is 4.28. The van der Waals surface area contributed by atoms with Crippen LogP contribution in [0.5, 0.6) is 0 Å². The number of hydrogen-bond acceptors (Lipinski definition) is 3. The van der Waals surface area contributed by atoms with Gasteiger partial charge in [-0.1, -0.05) is 30.3 Å². The summed E-state index contributed by atoms with van der Waals surface area (Å²) in [6.07, 6.45) is 4.37. The van der Waals surface area contributed by atoms with Gasteiger partial charge >= 0.3 is 0 Å². The van der Waals surface area contributed by atoms with Gasteiger partial charge in [0, 0.05) is 12.7 Å². The summed E-state index contributed by atoms with van der Waals surface area (Å²) >= 11 is 0. The third-order valence-corrected chi connectivity index (χ3v) is 2.95. The molecule has 0 radical (unpaired) electrons. The molecule has 5 nitrogen and oxygen atoms in total. The zero-order chi connectivity index (χ0) is 13.5. The summed E-state index contributed by atoms with van der Waals surface area (Å²) in [7, 11) is 1.79. The Bertz CT molecular complexity index is 495. The molecule has 0 aliphatic rings. The van der Waals surface area contributed by atoms with Crippen molar-refractivity contribution in [2.24, 2.45) is 0 Å². The predicted octanol–water partition coefficient (Wildman–Crippen LogP) is 1.03. The second-order valence-electron chi connectivity index (χ2n) is 4.28. The largest absolute Gasteiger partial charge is 0.354 e. The van der Waals surface area contributed by atoms with Gasteiger partial charge in [0.15, 0.2) is 0 Å². The number of hydrogen-bond donors (Lipinski definition) is 3. The Hall–Kier alpha value is -2.14. The minimum Gasteiger partial charge on any atom is -0.354 e. The van der Waals surface area contributed by atoms with Gasteiger partial charge in [-0.15, -0.1) is 0 Å². The fraction of sp³-hybridized carbons (Fsp3) is 0.286. The fourth-order valence-corrected chi connectivity index (χ4v) is 1.94. The van der Waals surface area contributed by atoms with Gasteiger partial charge in [0.25, 0.3) is 0 Å². The van der Waals surface area contributed by atoms with Crippen LogP contribution in [0.3, 0.4) is 0 Å². The van der Waals surface area contributed by atoms with Gasteiger partial charge in [0.05, 0.1) is 6.20 Å². The number of amides is 1. The first-order chi connectivity index (χ1) is 9.31. The molecule has 0 bridgehead atoms. The molecule has 19 heavy (non-hydrogen) atoms. The van der Waals surface area contributed by atoms with Gasteiger partial charge in [0.2, 0.25) is 5.91 Å². The molecular weight excluding hydrogens is 240 g/mol. The SMILES string of the molecule is CNC(C(=O)NCCc1cn[nH]c1)c1ccccc1. The number of aromatic nitrogens is 2. The van der Waals surface area contributed by atoms with Crippen molar-refractivity contribution in [1.82, 2.24) is 20.8 Å². The van der Waals surface area contributed by atoms with Gasteiger partial charge in [-0.25, -0.2) is 0 Å². The fourth-order valence-electron chi connectivity index (χ4n) is 1.94. The summed E-state index contributed by atoms with van der Waals surface area (Å²) in [5.41, 5.74) is 2.05. The number of benzene rings is 1. The lowest BCUT2D eigenvalue weighted by molar-refractivity contribution is -0.123. The Kier molecular flexibility index (Phi) is 4.69. The van der Waals surface area contributed by atoms with E-state index in [2.05, 4.69) is 20.8 Å². The van der Waals surface area contributed by atoms with Gasteiger partial charge < -0.3 is 10.6 Å². The Morgan fingerprint density at radius 3 is 2.79 bits per heavy atom. The van der Waals surface area contributed by atoms with Gasteiger partial charge in [-0.05, 0) is 24.6 Å². The smallest absolute Gasteiger partial charge is 0.241 e. The van der Waals surface area contributed by atoms with Crippen LogP contribution < -0.4 is 10.6 Å². The van der Waals surface area contributed by atoms with Crippen molar-refractivity contribution in [2.45, 2.75) is 12.5 Å². The van der Waals surface area contributed by atoms with E-state index in [1.807, 2.05) is 36.5 Å². The highest BCUT2D eigenvalue weighted by atomic mass is 16.2. The topological polar surface area (TPSA) is 69.8 Å². The maximum atomic E-state index is 12.1. The molecular formula is C14H18N4O. The molecule has 0 saturated heterocycles. The molecule has 1 atom stereocenters. The number of H-pyrrole nitrogens is 1. The second kappa shape index (κ2) is 6.70. The van der Waals surface area contributed by atoms with Crippen LogP contribution in [0.25, 0.3) is 0 Å². The predicted molar refractivity (Wildman–Crippen MR) is 73.5 cm³/mol. The normalized spacial score (nSPS) is 12.1. The van der Waals surface area contributed by atoms with Crippen LogP contribution in [0.2, 0.25) is 0 Å². The average molecular weight is 258 g/mol. The van der Waals surface area contributed by atoms with Crippen LogP contribution in [0.15, 0.2) is 42.7 Å². The van der Waals surface area contributed by atoms with Crippen LogP contribution in [0, 0.1) is 0 Å². The lowest BCUT2D eigenvalue weighted by Gasteiger charge is -2.16. The third-order valence-electron chi connectivity index (χ3n) is 2.95. The summed E-state index contributed by atoms with van der Waals surface area (Å²) in [4.78, 5) is 12.1. The van der Waals surface area contributed by atoms with E-state index >= 15 is 0 Å². The van der Waals surface area contributed by atoms with Crippen LogP contribution in [0.4, 0.5) is 0 Å². The van der Waals surface area contributed by atoms with E-state index in [1.54, 1.807) is 13.2 Å². The maximum absolute atomic E-state index is 12.1. The van der Waals surface area contributed by atoms with Crippen molar-refractivity contribution in [3.05, 3.63) is 53.9 Å². The van der Waals surface area contributed by atoms with Crippen molar-refractivity contribution < 1.29 is 4.79 Å². The first-order valence-electron chi connectivity index (χ1n) is 6.29. The van der Waals surface area contributed by atoms with E-state index in [1.165, 1.54) is 0 Å². The minimum atomic E-state index is -0.314. The molecule has 0 aliphatic heterocycles. The molecule has 1 amide bonds.